The van der Waals surface area contributed by atoms with Crippen LogP contribution in [-0.2, 0) is 20.1 Å². The highest BCUT2D eigenvalue weighted by Crippen LogP contribution is 2.20. The first-order valence-corrected chi connectivity index (χ1v) is 8.34. The summed E-state index contributed by atoms with van der Waals surface area (Å²) in [6, 6.07) is 16.4. The van der Waals surface area contributed by atoms with Gasteiger partial charge in [-0.25, -0.2) is 0 Å². The molecule has 0 amide bonds. The summed E-state index contributed by atoms with van der Waals surface area (Å²) in [7, 11) is 2.11. The van der Waals surface area contributed by atoms with Gasteiger partial charge in [0.2, 0.25) is 0 Å². The molecule has 1 saturated heterocycles. The van der Waals surface area contributed by atoms with Crippen LogP contribution in [0.4, 0.5) is 0 Å². The van der Waals surface area contributed by atoms with E-state index in [2.05, 4.69) is 77.4 Å². The lowest BCUT2D eigenvalue weighted by Gasteiger charge is -2.38. The van der Waals surface area contributed by atoms with Crippen molar-refractivity contribution in [3.8, 4) is 0 Å². The van der Waals surface area contributed by atoms with Gasteiger partial charge in [-0.1, -0.05) is 30.3 Å². The molecule has 22 heavy (non-hydrogen) atoms. The number of aryl methyl sites for hydroxylation is 1. The Morgan fingerprint density at radius 2 is 1.95 bits per heavy atom. The molecule has 118 valence electrons. The Balaban J connectivity index is 1.48. The molecule has 0 unspecified atom stereocenters. The topological polar surface area (TPSA) is 20.2 Å². The van der Waals surface area contributed by atoms with E-state index in [1.807, 2.05) is 0 Å². The predicted octanol–water partition coefficient (Wildman–Crippen LogP) is 3.17. The Labute approximate surface area is 133 Å². The number of nitrogens with one attached hydrogen (secondary N) is 1. The maximum atomic E-state index is 3.73. The van der Waals surface area contributed by atoms with E-state index in [0.29, 0.717) is 12.1 Å². The van der Waals surface area contributed by atoms with Crippen LogP contribution in [0.1, 0.15) is 31.0 Å². The Morgan fingerprint density at radius 3 is 2.64 bits per heavy atom. The fraction of sp³-hybridized carbons (Fsp3) is 0.474. The molecule has 2 aromatic rings. The molecular formula is C19H27N3. The van der Waals surface area contributed by atoms with Gasteiger partial charge in [0.15, 0.2) is 0 Å². The van der Waals surface area contributed by atoms with E-state index < -0.39 is 0 Å². The van der Waals surface area contributed by atoms with Crippen molar-refractivity contribution in [2.24, 2.45) is 7.05 Å². The molecule has 1 aromatic heterocycles. The quantitative estimate of drug-likeness (QED) is 0.915. The van der Waals surface area contributed by atoms with Gasteiger partial charge in [0, 0.05) is 50.7 Å². The molecule has 2 heterocycles. The van der Waals surface area contributed by atoms with Gasteiger partial charge in [-0.3, -0.25) is 4.90 Å². The Morgan fingerprint density at radius 1 is 1.14 bits per heavy atom. The molecule has 3 nitrogen and oxygen atoms in total. The van der Waals surface area contributed by atoms with Crippen molar-refractivity contribution < 1.29 is 0 Å². The molecule has 1 N–H and O–H groups in total. The van der Waals surface area contributed by atoms with Gasteiger partial charge in [-0.2, -0.15) is 0 Å². The fourth-order valence-electron chi connectivity index (χ4n) is 3.39. The summed E-state index contributed by atoms with van der Waals surface area (Å²) in [5, 5.41) is 3.73. The number of nitrogens with zero attached hydrogens (tertiary/aromatic N) is 2. The van der Waals surface area contributed by atoms with Crippen LogP contribution in [-0.4, -0.2) is 28.1 Å². The van der Waals surface area contributed by atoms with Crippen molar-refractivity contribution in [2.75, 3.05) is 6.54 Å². The van der Waals surface area contributed by atoms with Crippen LogP contribution in [0.2, 0.25) is 0 Å². The minimum Gasteiger partial charge on any atom is -0.353 e. The number of benzene rings is 1. The van der Waals surface area contributed by atoms with Crippen molar-refractivity contribution in [3.63, 3.8) is 0 Å². The molecule has 0 spiro atoms. The van der Waals surface area contributed by atoms with Gasteiger partial charge < -0.3 is 9.88 Å². The molecule has 0 bridgehead atoms. The minimum atomic E-state index is 0.636. The molecule has 1 fully saturated rings. The zero-order valence-electron chi connectivity index (χ0n) is 13.7. The molecule has 1 aromatic carbocycles. The zero-order valence-corrected chi connectivity index (χ0v) is 13.7. The van der Waals surface area contributed by atoms with E-state index in [9.17, 15) is 0 Å². The van der Waals surface area contributed by atoms with E-state index in [1.165, 1.54) is 30.6 Å². The first-order chi connectivity index (χ1) is 10.7. The van der Waals surface area contributed by atoms with Crippen molar-refractivity contribution in [2.45, 2.75) is 44.9 Å². The Bertz CT molecular complexity index is 575. The van der Waals surface area contributed by atoms with Gasteiger partial charge in [0.1, 0.15) is 0 Å². The highest BCUT2D eigenvalue weighted by molar-refractivity contribution is 5.14. The first kappa shape index (κ1) is 15.3. The number of hydrogen-bond donors (Lipinski definition) is 1. The number of aromatic nitrogens is 1. The minimum absolute atomic E-state index is 0.636. The summed E-state index contributed by atoms with van der Waals surface area (Å²) < 4.78 is 2.20. The van der Waals surface area contributed by atoms with Gasteiger partial charge in [0.25, 0.3) is 0 Å². The molecule has 1 aliphatic rings. The van der Waals surface area contributed by atoms with Gasteiger partial charge >= 0.3 is 0 Å². The fourth-order valence-corrected chi connectivity index (χ4v) is 3.39. The highest BCUT2D eigenvalue weighted by atomic mass is 15.2. The van der Waals surface area contributed by atoms with E-state index in [1.54, 1.807) is 0 Å². The Kier molecular flexibility index (Phi) is 4.96. The van der Waals surface area contributed by atoms with Crippen molar-refractivity contribution in [1.82, 2.24) is 14.8 Å². The third-order valence-corrected chi connectivity index (χ3v) is 4.87. The summed E-state index contributed by atoms with van der Waals surface area (Å²) in [5.74, 6) is 0. The maximum absolute atomic E-state index is 3.73. The van der Waals surface area contributed by atoms with E-state index in [0.717, 1.165) is 13.1 Å². The van der Waals surface area contributed by atoms with Crippen LogP contribution < -0.4 is 5.32 Å². The monoisotopic (exact) mass is 297 g/mol. The predicted molar refractivity (Wildman–Crippen MR) is 91.6 cm³/mol. The number of piperidine rings is 1. The number of hydrogen-bond acceptors (Lipinski definition) is 2. The average Bonchev–Trinajstić information content (AvgIpc) is 2.94. The second kappa shape index (κ2) is 7.12. The van der Waals surface area contributed by atoms with E-state index in [4.69, 9.17) is 0 Å². The lowest BCUT2D eigenvalue weighted by molar-refractivity contribution is 0.128. The van der Waals surface area contributed by atoms with Crippen LogP contribution in [0, 0.1) is 0 Å². The average molecular weight is 297 g/mol. The normalized spacial score (nSPS) is 22.8. The summed E-state index contributed by atoms with van der Waals surface area (Å²) in [4.78, 5) is 2.61. The molecule has 2 atom stereocenters. The molecule has 0 aliphatic carbocycles. The lowest BCUT2D eigenvalue weighted by atomic mass is 9.97. The molecule has 0 radical (unpaired) electrons. The second-order valence-electron chi connectivity index (χ2n) is 6.52. The highest BCUT2D eigenvalue weighted by Gasteiger charge is 2.25. The zero-order chi connectivity index (χ0) is 15.4. The maximum Gasteiger partial charge on any atom is 0.0361 e. The van der Waals surface area contributed by atoms with Crippen molar-refractivity contribution in [3.05, 3.63) is 59.9 Å². The molecule has 3 rings (SSSR count). The SMILES string of the molecule is C[C@H]1C[C@@H](NCc2cccn2C)CCN1Cc1ccccc1. The second-order valence-corrected chi connectivity index (χ2v) is 6.52. The third kappa shape index (κ3) is 3.79. The first-order valence-electron chi connectivity index (χ1n) is 8.34. The molecule has 3 heteroatoms. The number of rotatable bonds is 5. The number of likely N-dealkylation sites (tertiary alicyclic amines) is 1. The van der Waals surface area contributed by atoms with E-state index in [-0.39, 0.29) is 0 Å². The summed E-state index contributed by atoms with van der Waals surface area (Å²) in [6.07, 6.45) is 4.58. The Hall–Kier alpha value is -1.58. The largest absolute Gasteiger partial charge is 0.353 e. The van der Waals surface area contributed by atoms with Crippen molar-refractivity contribution >= 4 is 0 Å². The van der Waals surface area contributed by atoms with Gasteiger partial charge in [-0.15, -0.1) is 0 Å². The molecular weight excluding hydrogens is 270 g/mol. The van der Waals surface area contributed by atoms with Crippen LogP contribution in [0.3, 0.4) is 0 Å². The summed E-state index contributed by atoms with van der Waals surface area (Å²) in [5.41, 5.74) is 2.78. The van der Waals surface area contributed by atoms with Gasteiger partial charge in [0.05, 0.1) is 0 Å². The van der Waals surface area contributed by atoms with Crippen LogP contribution in [0.15, 0.2) is 48.7 Å². The smallest absolute Gasteiger partial charge is 0.0361 e. The summed E-state index contributed by atoms with van der Waals surface area (Å²) >= 11 is 0. The standard InChI is InChI=1S/C19H27N3/c1-16-13-18(20-14-19-9-6-11-21(19)2)10-12-22(16)15-17-7-4-3-5-8-17/h3-9,11,16,18,20H,10,12-15H2,1-2H3/t16-,18-/m0/s1. The van der Waals surface area contributed by atoms with Crippen LogP contribution >= 0.6 is 0 Å². The van der Waals surface area contributed by atoms with Crippen LogP contribution in [0.25, 0.3) is 0 Å². The van der Waals surface area contributed by atoms with E-state index >= 15 is 0 Å². The lowest BCUT2D eigenvalue weighted by Crippen LogP contribution is -2.46. The van der Waals surface area contributed by atoms with Crippen molar-refractivity contribution in [1.29, 1.82) is 0 Å². The van der Waals surface area contributed by atoms with Gasteiger partial charge in [-0.05, 0) is 37.5 Å². The molecule has 0 saturated carbocycles. The van der Waals surface area contributed by atoms with Crippen LogP contribution in [0.5, 0.6) is 0 Å². The molecule has 1 aliphatic heterocycles. The third-order valence-electron chi connectivity index (χ3n) is 4.87. The summed E-state index contributed by atoms with van der Waals surface area (Å²) in [6.45, 7) is 5.59.